The molecule has 3 aromatic rings. The zero-order valence-electron chi connectivity index (χ0n) is 15.2. The number of benzene rings is 2. The first-order valence-corrected chi connectivity index (χ1v) is 9.61. The van der Waals surface area contributed by atoms with Crippen molar-refractivity contribution in [2.24, 2.45) is 0 Å². The van der Waals surface area contributed by atoms with Crippen LogP contribution < -0.4 is 9.47 Å². The second-order valence-corrected chi connectivity index (χ2v) is 6.91. The molecule has 1 N–H and O–H groups in total. The highest BCUT2D eigenvalue weighted by molar-refractivity contribution is 9.10. The quantitative estimate of drug-likeness (QED) is 0.394. The zero-order chi connectivity index (χ0) is 19.4. The zero-order valence-corrected chi connectivity index (χ0v) is 16.8. The van der Waals surface area contributed by atoms with E-state index in [-0.39, 0.29) is 11.5 Å². The van der Waals surface area contributed by atoms with Crippen molar-refractivity contribution in [2.45, 2.75) is 19.8 Å². The van der Waals surface area contributed by atoms with Crippen LogP contribution in [-0.2, 0) is 0 Å². The number of rotatable bonds is 8. The lowest BCUT2D eigenvalue weighted by Crippen LogP contribution is -2.14. The van der Waals surface area contributed by atoms with Gasteiger partial charge in [-0.3, -0.25) is 10.1 Å². The molecular formula is C20H21BrN2O4. The molecule has 0 spiro atoms. The highest BCUT2D eigenvalue weighted by Crippen LogP contribution is 2.41. The molecule has 0 fully saturated rings. The topological polar surface area (TPSA) is 77.4 Å². The molecule has 1 atom stereocenters. The smallest absolute Gasteiger partial charge is 0.214 e. The second-order valence-electron chi connectivity index (χ2n) is 6.05. The predicted molar refractivity (Wildman–Crippen MR) is 108 cm³/mol. The number of halogens is 1. The van der Waals surface area contributed by atoms with Gasteiger partial charge in [0.05, 0.1) is 23.6 Å². The number of ether oxygens (including phenoxy) is 2. The molecule has 0 saturated heterocycles. The molecule has 1 heterocycles. The van der Waals surface area contributed by atoms with Crippen molar-refractivity contribution in [2.75, 3.05) is 19.8 Å². The monoisotopic (exact) mass is 432 g/mol. The third-order valence-corrected chi connectivity index (χ3v) is 4.94. The van der Waals surface area contributed by atoms with Crippen molar-refractivity contribution < 1.29 is 14.4 Å². The number of H-pyrrole nitrogens is 1. The molecule has 6 nitrogen and oxygen atoms in total. The van der Waals surface area contributed by atoms with E-state index in [1.54, 1.807) is 0 Å². The van der Waals surface area contributed by atoms with E-state index in [1.807, 2.05) is 56.4 Å². The van der Waals surface area contributed by atoms with Gasteiger partial charge in [-0.1, -0.05) is 18.2 Å². The fraction of sp³-hybridized carbons (Fsp3) is 0.300. The average Bonchev–Trinajstić information content (AvgIpc) is 3.06. The minimum atomic E-state index is -0.415. The van der Waals surface area contributed by atoms with Crippen LogP contribution in [0.3, 0.4) is 0 Å². The molecule has 1 aromatic heterocycles. The molecule has 27 heavy (non-hydrogen) atoms. The first kappa shape index (κ1) is 19.2. The van der Waals surface area contributed by atoms with E-state index in [1.165, 1.54) is 0 Å². The average molecular weight is 433 g/mol. The molecule has 0 amide bonds. The van der Waals surface area contributed by atoms with Gasteiger partial charge in [0.2, 0.25) is 6.54 Å². The first-order chi connectivity index (χ1) is 13.0. The van der Waals surface area contributed by atoms with Crippen molar-refractivity contribution in [3.05, 3.63) is 68.3 Å². The van der Waals surface area contributed by atoms with Gasteiger partial charge in [-0.25, -0.2) is 0 Å². The fourth-order valence-electron chi connectivity index (χ4n) is 3.25. The van der Waals surface area contributed by atoms with Crippen LogP contribution in [0.25, 0.3) is 10.9 Å². The summed E-state index contributed by atoms with van der Waals surface area (Å²) in [6.07, 6.45) is 1.85. The maximum Gasteiger partial charge on any atom is 0.214 e. The Morgan fingerprint density at radius 3 is 2.63 bits per heavy atom. The summed E-state index contributed by atoms with van der Waals surface area (Å²) in [5.41, 5.74) is 2.65. The molecule has 0 aliphatic heterocycles. The Bertz CT molecular complexity index is 954. The van der Waals surface area contributed by atoms with E-state index in [0.717, 1.165) is 26.5 Å². The summed E-state index contributed by atoms with van der Waals surface area (Å²) in [5, 5.41) is 12.4. The van der Waals surface area contributed by atoms with Crippen LogP contribution in [0.1, 0.15) is 30.9 Å². The number of para-hydroxylation sites is 1. The van der Waals surface area contributed by atoms with E-state index in [2.05, 4.69) is 20.9 Å². The summed E-state index contributed by atoms with van der Waals surface area (Å²) in [7, 11) is 0. The summed E-state index contributed by atoms with van der Waals surface area (Å²) in [6, 6.07) is 11.5. The molecule has 2 aromatic carbocycles. The van der Waals surface area contributed by atoms with Crippen LogP contribution in [0, 0.1) is 10.1 Å². The molecule has 7 heteroatoms. The number of aromatic nitrogens is 1. The summed E-state index contributed by atoms with van der Waals surface area (Å²) < 4.78 is 12.1. The first-order valence-electron chi connectivity index (χ1n) is 8.82. The standard InChI is InChI=1S/C20H21BrN2O4/c1-3-26-19-10-13(9-17(21)20(19)27-4-2)16(12-23(24)25)15-11-22-18-8-6-5-7-14(15)18/h5-11,16,22H,3-4,12H2,1-2H3/t16-/m0/s1. The molecule has 0 unspecified atom stereocenters. The molecule has 3 rings (SSSR count). The molecule has 0 saturated carbocycles. The van der Waals surface area contributed by atoms with Crippen molar-refractivity contribution in [3.63, 3.8) is 0 Å². The van der Waals surface area contributed by atoms with Crippen molar-refractivity contribution in [3.8, 4) is 11.5 Å². The van der Waals surface area contributed by atoms with Crippen molar-refractivity contribution >= 4 is 26.8 Å². The Balaban J connectivity index is 2.14. The number of fused-ring (bicyclic) bond motifs is 1. The van der Waals surface area contributed by atoms with Gasteiger partial charge in [-0.2, -0.15) is 0 Å². The minimum absolute atomic E-state index is 0.214. The highest BCUT2D eigenvalue weighted by atomic mass is 79.9. The van der Waals surface area contributed by atoms with Gasteiger partial charge in [0.25, 0.3) is 0 Å². The van der Waals surface area contributed by atoms with Gasteiger partial charge in [0.15, 0.2) is 11.5 Å². The van der Waals surface area contributed by atoms with Gasteiger partial charge >= 0.3 is 0 Å². The lowest BCUT2D eigenvalue weighted by atomic mass is 9.90. The van der Waals surface area contributed by atoms with E-state index in [4.69, 9.17) is 9.47 Å². The number of nitrogens with zero attached hydrogens (tertiary/aromatic N) is 1. The molecule has 0 aliphatic carbocycles. The molecule has 0 radical (unpaired) electrons. The third kappa shape index (κ3) is 4.08. The van der Waals surface area contributed by atoms with E-state index in [0.29, 0.717) is 24.7 Å². The lowest BCUT2D eigenvalue weighted by Gasteiger charge is -2.18. The lowest BCUT2D eigenvalue weighted by molar-refractivity contribution is -0.481. The summed E-state index contributed by atoms with van der Waals surface area (Å²) in [6.45, 7) is 4.55. The van der Waals surface area contributed by atoms with Crippen molar-refractivity contribution in [1.29, 1.82) is 0 Å². The number of hydrogen-bond acceptors (Lipinski definition) is 4. The molecule has 0 bridgehead atoms. The van der Waals surface area contributed by atoms with E-state index in [9.17, 15) is 10.1 Å². The molecule has 0 aliphatic rings. The normalized spacial score (nSPS) is 12.1. The highest BCUT2D eigenvalue weighted by Gasteiger charge is 2.26. The Hall–Kier alpha value is -2.54. The number of aromatic amines is 1. The van der Waals surface area contributed by atoms with Gasteiger partial charge in [-0.15, -0.1) is 0 Å². The van der Waals surface area contributed by atoms with Gasteiger partial charge in [0.1, 0.15) is 0 Å². The second kappa shape index (κ2) is 8.43. The van der Waals surface area contributed by atoms with Crippen LogP contribution in [0.5, 0.6) is 11.5 Å². The Morgan fingerprint density at radius 1 is 1.19 bits per heavy atom. The molecule has 142 valence electrons. The predicted octanol–water partition coefficient (Wildman–Crippen LogP) is 5.14. The fourth-order valence-corrected chi connectivity index (χ4v) is 3.83. The van der Waals surface area contributed by atoms with Gasteiger partial charge in [-0.05, 0) is 59.1 Å². The van der Waals surface area contributed by atoms with Crippen LogP contribution in [-0.4, -0.2) is 29.7 Å². The van der Waals surface area contributed by atoms with Crippen LogP contribution in [0.2, 0.25) is 0 Å². The van der Waals surface area contributed by atoms with Crippen molar-refractivity contribution in [1.82, 2.24) is 4.98 Å². The minimum Gasteiger partial charge on any atom is -0.490 e. The number of nitrogens with one attached hydrogen (secondary N) is 1. The van der Waals surface area contributed by atoms with Gasteiger partial charge in [0, 0.05) is 22.0 Å². The Labute approximate surface area is 165 Å². The van der Waals surface area contributed by atoms with E-state index < -0.39 is 5.92 Å². The maximum absolute atomic E-state index is 11.4. The largest absolute Gasteiger partial charge is 0.490 e. The van der Waals surface area contributed by atoms with Crippen LogP contribution in [0.4, 0.5) is 0 Å². The maximum atomic E-state index is 11.4. The van der Waals surface area contributed by atoms with E-state index >= 15 is 0 Å². The van der Waals surface area contributed by atoms with Crippen LogP contribution >= 0.6 is 15.9 Å². The Morgan fingerprint density at radius 2 is 1.93 bits per heavy atom. The van der Waals surface area contributed by atoms with Gasteiger partial charge < -0.3 is 14.5 Å². The summed E-state index contributed by atoms with van der Waals surface area (Å²) >= 11 is 3.53. The van der Waals surface area contributed by atoms with Crippen LogP contribution in [0.15, 0.2) is 47.1 Å². The number of hydrogen-bond donors (Lipinski definition) is 1. The molecular weight excluding hydrogens is 412 g/mol. The summed E-state index contributed by atoms with van der Waals surface area (Å²) in [5.74, 6) is 0.779. The third-order valence-electron chi connectivity index (χ3n) is 4.35. The summed E-state index contributed by atoms with van der Waals surface area (Å²) in [4.78, 5) is 14.3. The Kier molecular flexibility index (Phi) is 6.01. The number of nitro groups is 1. The SMILES string of the molecule is CCOc1cc([C@H](C[N+](=O)[O-])c2c[nH]c3ccccc23)cc(Br)c1OCC.